The van der Waals surface area contributed by atoms with Crippen LogP contribution in [0.2, 0.25) is 0 Å². The minimum absolute atomic E-state index is 0.0950. The van der Waals surface area contributed by atoms with Crippen LogP contribution in [0.15, 0.2) is 52.7 Å². The van der Waals surface area contributed by atoms with Crippen LogP contribution in [0.25, 0.3) is 0 Å². The van der Waals surface area contributed by atoms with E-state index in [2.05, 4.69) is 10.2 Å². The molecule has 0 unspecified atom stereocenters. The van der Waals surface area contributed by atoms with Crippen LogP contribution in [-0.2, 0) is 16.0 Å². The Hall–Kier alpha value is -4.34. The Bertz CT molecular complexity index is 1510. The fourth-order valence-corrected chi connectivity index (χ4v) is 5.22. The summed E-state index contributed by atoms with van der Waals surface area (Å²) in [6, 6.07) is 9.98. The van der Waals surface area contributed by atoms with Gasteiger partial charge in [-0.25, -0.2) is 13.2 Å². The van der Waals surface area contributed by atoms with E-state index < -0.39 is 29.5 Å². The van der Waals surface area contributed by atoms with Crippen molar-refractivity contribution in [3.8, 4) is 23.0 Å². The molecule has 0 amide bonds. The lowest BCUT2D eigenvalue weighted by Gasteiger charge is -2.18. The van der Waals surface area contributed by atoms with E-state index in [-0.39, 0.29) is 35.4 Å². The minimum atomic E-state index is -0.757. The van der Waals surface area contributed by atoms with Crippen LogP contribution in [-0.4, -0.2) is 32.1 Å². The van der Waals surface area contributed by atoms with Gasteiger partial charge in [-0.05, 0) is 37.1 Å². The van der Waals surface area contributed by atoms with Crippen molar-refractivity contribution >= 4 is 18.4 Å². The van der Waals surface area contributed by atoms with Gasteiger partial charge < -0.3 is 18.9 Å². The SMILES string of the molecule is COC(=O)C[C@@H]1COc2cc(O[C@@H]3CCc4c(Oc5cc(F)c(C6C=NN=C6)cc5F)ccc(F)c43)ccc21. The molecule has 2 atom stereocenters. The Balaban J connectivity index is 1.22. The van der Waals surface area contributed by atoms with Gasteiger partial charge in [0.1, 0.15) is 35.0 Å². The zero-order valence-electron chi connectivity index (χ0n) is 20.8. The highest BCUT2D eigenvalue weighted by Crippen LogP contribution is 2.45. The van der Waals surface area contributed by atoms with Crippen LogP contribution < -0.4 is 14.2 Å². The molecule has 2 aliphatic heterocycles. The molecule has 3 aromatic rings. The largest absolute Gasteiger partial charge is 0.492 e. The van der Waals surface area contributed by atoms with E-state index in [1.807, 2.05) is 6.07 Å². The van der Waals surface area contributed by atoms with Gasteiger partial charge in [0.25, 0.3) is 0 Å². The van der Waals surface area contributed by atoms with Crippen molar-refractivity contribution in [2.45, 2.75) is 37.2 Å². The van der Waals surface area contributed by atoms with Crippen molar-refractivity contribution in [1.29, 1.82) is 0 Å². The summed E-state index contributed by atoms with van der Waals surface area (Å²) in [4.78, 5) is 11.7. The first kappa shape index (κ1) is 25.0. The minimum Gasteiger partial charge on any atom is -0.492 e. The zero-order chi connectivity index (χ0) is 27.1. The number of hydrogen-bond acceptors (Lipinski definition) is 7. The van der Waals surface area contributed by atoms with Gasteiger partial charge >= 0.3 is 5.97 Å². The molecule has 0 radical (unpaired) electrons. The average Bonchev–Trinajstić information content (AvgIpc) is 3.69. The predicted molar refractivity (Wildman–Crippen MR) is 136 cm³/mol. The van der Waals surface area contributed by atoms with Gasteiger partial charge in [0, 0.05) is 52.7 Å². The second-order valence-electron chi connectivity index (χ2n) is 9.53. The number of methoxy groups -OCH3 is 1. The van der Waals surface area contributed by atoms with Crippen molar-refractivity contribution in [2.24, 2.45) is 10.2 Å². The number of hydrogen-bond donors (Lipinski definition) is 0. The smallest absolute Gasteiger partial charge is 0.306 e. The van der Waals surface area contributed by atoms with Crippen molar-refractivity contribution in [3.63, 3.8) is 0 Å². The van der Waals surface area contributed by atoms with E-state index in [4.69, 9.17) is 18.9 Å². The Morgan fingerprint density at radius 2 is 1.79 bits per heavy atom. The maximum absolute atomic E-state index is 15.0. The quantitative estimate of drug-likeness (QED) is 0.338. The molecule has 2 heterocycles. The monoisotopic (exact) mass is 536 g/mol. The molecule has 0 bridgehead atoms. The highest BCUT2D eigenvalue weighted by atomic mass is 19.1. The Kier molecular flexibility index (Phi) is 6.46. The molecule has 0 spiro atoms. The van der Waals surface area contributed by atoms with Crippen molar-refractivity contribution < 1.29 is 36.9 Å². The van der Waals surface area contributed by atoms with Gasteiger partial charge in [-0.2, -0.15) is 10.2 Å². The topological polar surface area (TPSA) is 78.7 Å². The second-order valence-corrected chi connectivity index (χ2v) is 9.53. The summed E-state index contributed by atoms with van der Waals surface area (Å²) >= 11 is 0. The van der Waals surface area contributed by atoms with E-state index in [9.17, 15) is 18.0 Å². The normalized spacial score (nSPS) is 19.1. The molecular formula is C29H23F3N2O5. The highest BCUT2D eigenvalue weighted by Gasteiger charge is 2.32. The lowest BCUT2D eigenvalue weighted by molar-refractivity contribution is -0.141. The van der Waals surface area contributed by atoms with Gasteiger partial charge in [-0.15, -0.1) is 0 Å². The van der Waals surface area contributed by atoms with Gasteiger partial charge in [-0.3, -0.25) is 4.79 Å². The molecule has 39 heavy (non-hydrogen) atoms. The molecule has 3 aliphatic rings. The summed E-state index contributed by atoms with van der Waals surface area (Å²) in [6.07, 6.45) is 3.32. The van der Waals surface area contributed by atoms with Crippen molar-refractivity contribution in [1.82, 2.24) is 0 Å². The summed E-state index contributed by atoms with van der Waals surface area (Å²) in [7, 11) is 1.35. The number of nitrogens with zero attached hydrogens (tertiary/aromatic N) is 2. The third-order valence-corrected chi connectivity index (χ3v) is 7.17. The highest BCUT2D eigenvalue weighted by molar-refractivity contribution is 5.93. The fraction of sp³-hybridized carbons (Fsp3) is 0.276. The number of rotatable bonds is 7. The summed E-state index contributed by atoms with van der Waals surface area (Å²) in [5.74, 6) is -1.85. The Morgan fingerprint density at radius 1 is 0.974 bits per heavy atom. The third-order valence-electron chi connectivity index (χ3n) is 7.17. The molecule has 7 nitrogen and oxygen atoms in total. The number of fused-ring (bicyclic) bond motifs is 2. The molecular weight excluding hydrogens is 513 g/mol. The molecule has 200 valence electrons. The average molecular weight is 537 g/mol. The Labute approximate surface area is 221 Å². The van der Waals surface area contributed by atoms with Crippen LogP contribution in [0, 0.1) is 17.5 Å². The lowest BCUT2D eigenvalue weighted by atomic mass is 9.98. The maximum atomic E-state index is 15.0. The van der Waals surface area contributed by atoms with Crippen LogP contribution in [0.5, 0.6) is 23.0 Å². The number of carbonyl (C=O) groups is 1. The number of halogens is 3. The molecule has 0 saturated heterocycles. The molecule has 10 heteroatoms. The van der Waals surface area contributed by atoms with Crippen molar-refractivity contribution in [2.75, 3.05) is 13.7 Å². The zero-order valence-corrected chi connectivity index (χ0v) is 20.8. The Morgan fingerprint density at radius 3 is 2.59 bits per heavy atom. The standard InChI is InChI=1S/C29H23F3N2O5/c1-36-28(35)8-15-14-37-26-9-17(2-3-18(15)26)38-25-6-4-19-24(7-5-21(30)29(19)25)39-27-11-22(31)20(10-23(27)32)16-12-33-34-13-16/h2-3,5,7,9-13,15-16,25H,4,6,8,14H2,1H3/t15-,25-/m1/s1. The molecule has 0 saturated carbocycles. The summed E-state index contributed by atoms with van der Waals surface area (Å²) in [5, 5.41) is 7.35. The van der Waals surface area contributed by atoms with Crippen LogP contribution >= 0.6 is 0 Å². The molecule has 0 N–H and O–H groups in total. The fourth-order valence-electron chi connectivity index (χ4n) is 5.22. The first-order valence-electron chi connectivity index (χ1n) is 12.5. The molecule has 3 aromatic carbocycles. The first-order chi connectivity index (χ1) is 18.9. The van der Waals surface area contributed by atoms with Crippen molar-refractivity contribution in [3.05, 3.63) is 82.2 Å². The summed E-state index contributed by atoms with van der Waals surface area (Å²) < 4.78 is 67.0. The van der Waals surface area contributed by atoms with Gasteiger partial charge in [-0.1, -0.05) is 6.07 Å². The third kappa shape index (κ3) is 4.71. The van der Waals surface area contributed by atoms with E-state index in [1.165, 1.54) is 31.7 Å². The lowest BCUT2D eigenvalue weighted by Crippen LogP contribution is -2.09. The van der Waals surface area contributed by atoms with Gasteiger partial charge in [0.05, 0.1) is 26.1 Å². The first-order valence-corrected chi connectivity index (χ1v) is 12.5. The summed E-state index contributed by atoms with van der Waals surface area (Å²) in [5.41, 5.74) is 1.83. The number of carbonyl (C=O) groups excluding carboxylic acids is 1. The second kappa shape index (κ2) is 10.1. The number of ether oxygens (including phenoxy) is 4. The number of benzene rings is 3. The van der Waals surface area contributed by atoms with Gasteiger partial charge in [0.15, 0.2) is 11.6 Å². The molecule has 0 fully saturated rings. The summed E-state index contributed by atoms with van der Waals surface area (Å²) in [6.45, 7) is 0.357. The van der Waals surface area contributed by atoms with E-state index in [0.717, 1.165) is 17.7 Å². The van der Waals surface area contributed by atoms with Gasteiger partial charge in [0.2, 0.25) is 0 Å². The van der Waals surface area contributed by atoms with Crippen LogP contribution in [0.1, 0.15) is 53.0 Å². The van der Waals surface area contributed by atoms with Crippen LogP contribution in [0.3, 0.4) is 0 Å². The number of esters is 1. The van der Waals surface area contributed by atoms with E-state index in [0.29, 0.717) is 42.1 Å². The van der Waals surface area contributed by atoms with E-state index >= 15 is 0 Å². The molecule has 0 aromatic heterocycles. The molecule has 1 aliphatic carbocycles. The predicted octanol–water partition coefficient (Wildman–Crippen LogP) is 6.16. The van der Waals surface area contributed by atoms with Crippen LogP contribution in [0.4, 0.5) is 13.2 Å². The maximum Gasteiger partial charge on any atom is 0.306 e. The molecule has 6 rings (SSSR count). The van der Waals surface area contributed by atoms with E-state index in [1.54, 1.807) is 12.1 Å².